The zero-order valence-corrected chi connectivity index (χ0v) is 37.4. The molecule has 0 aromatic heterocycles. The van der Waals surface area contributed by atoms with Crippen molar-refractivity contribution in [2.24, 2.45) is 0 Å². The van der Waals surface area contributed by atoms with E-state index < -0.39 is 219 Å². The van der Waals surface area contributed by atoms with Crippen molar-refractivity contribution in [1.82, 2.24) is 0 Å². The summed E-state index contributed by atoms with van der Waals surface area (Å²) in [5, 5.41) is 207. The predicted molar refractivity (Wildman–Crippen MR) is 219 cm³/mol. The summed E-state index contributed by atoms with van der Waals surface area (Å²) in [5.41, 5.74) is -4.46. The molecule has 0 spiro atoms. The number of rotatable bonds is 16. The van der Waals surface area contributed by atoms with Crippen molar-refractivity contribution in [2.75, 3.05) is 39.6 Å². The fraction of sp³-hybridized carbons (Fsp3) is 1.00. The molecule has 67 heavy (non-hydrogen) atoms. The van der Waals surface area contributed by atoms with Crippen molar-refractivity contribution in [3.8, 4) is 0 Å². The lowest BCUT2D eigenvalue weighted by atomic mass is 9.98. The van der Waals surface area contributed by atoms with E-state index in [1.54, 1.807) is 0 Å². The molecule has 6 fully saturated rings. The average Bonchev–Trinajstić information content (AvgIpc) is 3.32. The van der Waals surface area contributed by atoms with Crippen LogP contribution in [0.25, 0.3) is 0 Å². The summed E-state index contributed by atoms with van der Waals surface area (Å²) >= 11 is 1.75. The molecule has 6 aliphatic heterocycles. The molecule has 0 amide bonds. The standard InChI is InChI=1S/C36H62O28S3/c37-1-7-13(43)14(44)23(53)34(60-7)66-29-11(5-41)58-32(21(51)18(29)48)64-27-9(3-39)62-36(25(55)16(27)46)67-30-12(6-42)59-33(22(52)19(30)49)63-26-8(2-38)61-35(24(54)15(26)45)65-28-10(4-40)57-31(56)20(50)17(28)47/h7-56H,1-6H2/t7-,8+,9+,10-,11+,12+,13-,14+,15-,16-,17+,18-,19-,20+,21+,22+,23+,24+,25+,26-,27-,28+,29-,30-,31+,32+,33+,34+,35+,36+/m0/s1. The van der Waals surface area contributed by atoms with Gasteiger partial charge in [0.05, 0.1) is 92.0 Å². The SMILES string of the molecule is OC[C@@H]1O[C@H](S[C@@H]2[C@@H](O)[C@@H](O)[C@@H](O[C@@H]3[C@@H](O)[C@@H](O)[C@@H](S[C@@H]4[C@@H](O)[C@@H](O)[C@@H](O[C@@H]5[C@@H](O)[C@@H](O)[C@@H](S[C@H]6[C@H](O)[C@@H](O)[C@H](O)O[C@H]6CO)O[C@@H]5CO)O[C@@H]4CO)O[C@@H]3CO)O[C@@H]2CO)[C@H](O)[C@H](O)[C@H]1O. The Morgan fingerprint density at radius 2 is 0.597 bits per heavy atom. The molecule has 30 atom stereocenters. The van der Waals surface area contributed by atoms with E-state index in [1.165, 1.54) is 0 Å². The molecule has 0 radical (unpaired) electrons. The molecule has 0 aliphatic carbocycles. The molecule has 6 aliphatic rings. The minimum Gasteiger partial charge on any atom is -0.394 e. The van der Waals surface area contributed by atoms with Crippen molar-refractivity contribution in [1.29, 1.82) is 0 Å². The topological polar surface area (TPSA) is 478 Å². The minimum atomic E-state index is -2.03. The van der Waals surface area contributed by atoms with E-state index in [2.05, 4.69) is 0 Å². The summed E-state index contributed by atoms with van der Waals surface area (Å²) in [6.07, 6.45) is -41.8. The van der Waals surface area contributed by atoms with Gasteiger partial charge in [0.1, 0.15) is 108 Å². The molecule has 31 heteroatoms. The van der Waals surface area contributed by atoms with Gasteiger partial charge in [-0.15, -0.1) is 35.3 Å². The number of aliphatic hydroxyl groups is 20. The molecule has 6 heterocycles. The zero-order valence-electron chi connectivity index (χ0n) is 35.0. The Labute approximate surface area is 393 Å². The maximum absolute atomic E-state index is 11.3. The summed E-state index contributed by atoms with van der Waals surface area (Å²) in [7, 11) is 0. The number of thioether (sulfide) groups is 3. The first-order chi connectivity index (χ1) is 31.8. The van der Waals surface area contributed by atoms with Gasteiger partial charge < -0.3 is 140 Å². The van der Waals surface area contributed by atoms with Gasteiger partial charge in [-0.2, -0.15) is 0 Å². The molecule has 0 aromatic rings. The van der Waals surface area contributed by atoms with E-state index in [-0.39, 0.29) is 0 Å². The van der Waals surface area contributed by atoms with Gasteiger partial charge in [-0.05, 0) is 0 Å². The molecule has 0 unspecified atom stereocenters. The highest BCUT2D eigenvalue weighted by molar-refractivity contribution is 8.01. The minimum absolute atomic E-state index is 0.536. The van der Waals surface area contributed by atoms with E-state index in [0.29, 0.717) is 35.3 Å². The van der Waals surface area contributed by atoms with Crippen LogP contribution in [0.15, 0.2) is 0 Å². The third kappa shape index (κ3) is 11.7. The predicted octanol–water partition coefficient (Wildman–Crippen LogP) is -12.0. The number of aliphatic hydroxyl groups excluding tert-OH is 20. The molecule has 6 rings (SSSR count). The van der Waals surface area contributed by atoms with Crippen molar-refractivity contribution in [3.05, 3.63) is 0 Å². The lowest BCUT2D eigenvalue weighted by Crippen LogP contribution is -2.65. The molecule has 0 bridgehead atoms. The summed E-state index contributed by atoms with van der Waals surface area (Å²) in [4.78, 5) is 0. The van der Waals surface area contributed by atoms with Gasteiger partial charge in [0.25, 0.3) is 0 Å². The molecule has 6 saturated heterocycles. The summed E-state index contributed by atoms with van der Waals surface area (Å²) in [5.74, 6) is 0. The van der Waals surface area contributed by atoms with Gasteiger partial charge >= 0.3 is 0 Å². The van der Waals surface area contributed by atoms with Crippen molar-refractivity contribution in [2.45, 2.75) is 179 Å². The normalized spacial score (nSPS) is 53.4. The average molecular weight is 1040 g/mol. The Morgan fingerprint density at radius 1 is 0.284 bits per heavy atom. The van der Waals surface area contributed by atoms with Crippen molar-refractivity contribution in [3.63, 3.8) is 0 Å². The Hall–Kier alpha value is -0.0700. The number of ether oxygens (including phenoxy) is 8. The third-order valence-electron chi connectivity index (χ3n) is 12.4. The van der Waals surface area contributed by atoms with Crippen LogP contribution >= 0.6 is 35.3 Å². The first-order valence-corrected chi connectivity index (χ1v) is 24.0. The highest BCUT2D eigenvalue weighted by Crippen LogP contribution is 2.43. The van der Waals surface area contributed by atoms with Gasteiger partial charge in [-0.1, -0.05) is 0 Å². The van der Waals surface area contributed by atoms with Crippen LogP contribution in [0.1, 0.15) is 0 Å². The maximum Gasteiger partial charge on any atom is 0.187 e. The second-order valence-electron chi connectivity index (χ2n) is 16.8. The van der Waals surface area contributed by atoms with E-state index in [1.807, 2.05) is 0 Å². The third-order valence-corrected chi connectivity index (χ3v) is 17.1. The van der Waals surface area contributed by atoms with Gasteiger partial charge in [-0.25, -0.2) is 0 Å². The summed E-state index contributed by atoms with van der Waals surface area (Å²) in [6.45, 7) is -5.03. The van der Waals surface area contributed by atoms with Gasteiger partial charge in [0.2, 0.25) is 0 Å². The van der Waals surface area contributed by atoms with E-state index in [0.717, 1.165) is 0 Å². The lowest BCUT2D eigenvalue weighted by Gasteiger charge is -2.49. The quantitative estimate of drug-likeness (QED) is 0.0682. The Morgan fingerprint density at radius 3 is 0.955 bits per heavy atom. The highest BCUT2D eigenvalue weighted by atomic mass is 32.2. The summed E-state index contributed by atoms with van der Waals surface area (Å²) < 4.78 is 45.0. The first kappa shape index (κ1) is 56.2. The molecule has 0 aromatic carbocycles. The Balaban J connectivity index is 1.07. The van der Waals surface area contributed by atoms with Crippen LogP contribution in [-0.4, -0.2) is 321 Å². The Kier molecular flexibility index (Phi) is 20.4. The van der Waals surface area contributed by atoms with Crippen LogP contribution in [-0.2, 0) is 37.9 Å². The number of hydrogen-bond donors (Lipinski definition) is 20. The Bertz CT molecular complexity index is 1510. The molecule has 28 nitrogen and oxygen atoms in total. The van der Waals surface area contributed by atoms with Gasteiger partial charge in [-0.3, -0.25) is 0 Å². The lowest BCUT2D eigenvalue weighted by molar-refractivity contribution is -0.322. The zero-order chi connectivity index (χ0) is 49.3. The summed E-state index contributed by atoms with van der Waals surface area (Å²) in [6, 6.07) is 0. The molecule has 20 N–H and O–H groups in total. The van der Waals surface area contributed by atoms with E-state index in [9.17, 15) is 102 Å². The largest absolute Gasteiger partial charge is 0.394 e. The molecular weight excluding hydrogens is 977 g/mol. The van der Waals surface area contributed by atoms with Crippen LogP contribution < -0.4 is 0 Å². The van der Waals surface area contributed by atoms with Crippen molar-refractivity contribution >= 4 is 35.3 Å². The van der Waals surface area contributed by atoms with Crippen LogP contribution in [0.2, 0.25) is 0 Å². The fourth-order valence-corrected chi connectivity index (χ4v) is 13.0. The molecule has 0 saturated carbocycles. The monoisotopic (exact) mass is 1040 g/mol. The molecule has 392 valence electrons. The molecular formula is C36H62O28S3. The maximum atomic E-state index is 11.3. The smallest absolute Gasteiger partial charge is 0.187 e. The highest BCUT2D eigenvalue weighted by Gasteiger charge is 2.57. The van der Waals surface area contributed by atoms with Crippen LogP contribution in [0, 0.1) is 0 Å². The number of hydrogen-bond acceptors (Lipinski definition) is 31. The first-order valence-electron chi connectivity index (χ1n) is 21.1. The van der Waals surface area contributed by atoms with Crippen LogP contribution in [0.3, 0.4) is 0 Å². The van der Waals surface area contributed by atoms with Gasteiger partial charge in [0.15, 0.2) is 18.9 Å². The second kappa shape index (κ2) is 24.3. The van der Waals surface area contributed by atoms with Crippen LogP contribution in [0.4, 0.5) is 0 Å². The van der Waals surface area contributed by atoms with Crippen molar-refractivity contribution < 1.29 is 140 Å². The van der Waals surface area contributed by atoms with E-state index in [4.69, 9.17) is 37.9 Å². The van der Waals surface area contributed by atoms with Crippen LogP contribution in [0.5, 0.6) is 0 Å². The van der Waals surface area contributed by atoms with Gasteiger partial charge in [0, 0.05) is 0 Å². The van der Waals surface area contributed by atoms with E-state index >= 15 is 0 Å². The second-order valence-corrected chi connectivity index (χ2v) is 20.6. The fourth-order valence-electron chi connectivity index (χ4n) is 8.52.